The van der Waals surface area contributed by atoms with Crippen molar-refractivity contribution in [1.29, 1.82) is 0 Å². The van der Waals surface area contributed by atoms with Crippen LogP contribution in [-0.2, 0) is 22.4 Å². The molecule has 1 N–H and O–H groups in total. The Labute approximate surface area is 175 Å². The molecule has 1 aliphatic carbocycles. The number of thiophene rings is 1. The summed E-state index contributed by atoms with van der Waals surface area (Å²) in [5.41, 5.74) is 2.47. The molecule has 1 atom stereocenters. The Morgan fingerprint density at radius 3 is 2.66 bits per heavy atom. The molecule has 0 saturated carbocycles. The molecule has 0 radical (unpaired) electrons. The van der Waals surface area contributed by atoms with E-state index in [4.69, 9.17) is 9.47 Å². The molecule has 5 nitrogen and oxygen atoms in total. The van der Waals surface area contributed by atoms with Gasteiger partial charge in [-0.05, 0) is 68.4 Å². The third-order valence-corrected chi connectivity index (χ3v) is 6.02. The number of amides is 1. The predicted octanol–water partition coefficient (Wildman–Crippen LogP) is 5.10. The van der Waals surface area contributed by atoms with Crippen LogP contribution < -0.4 is 10.1 Å². The summed E-state index contributed by atoms with van der Waals surface area (Å²) < 4.78 is 10.7. The van der Waals surface area contributed by atoms with Gasteiger partial charge >= 0.3 is 5.97 Å². The molecule has 0 spiro atoms. The van der Waals surface area contributed by atoms with Gasteiger partial charge in [0.05, 0.1) is 18.8 Å². The minimum Gasteiger partial charge on any atom is -0.494 e. The first-order chi connectivity index (χ1) is 14.0. The average molecular weight is 414 g/mol. The quantitative estimate of drug-likeness (QED) is 0.507. The number of ether oxygens (including phenoxy) is 2. The van der Waals surface area contributed by atoms with Gasteiger partial charge in [-0.3, -0.25) is 4.79 Å². The van der Waals surface area contributed by atoms with Crippen LogP contribution in [0.2, 0.25) is 0 Å². The van der Waals surface area contributed by atoms with E-state index in [0.29, 0.717) is 29.7 Å². The lowest BCUT2D eigenvalue weighted by Crippen LogP contribution is -2.15. The molecule has 0 fully saturated rings. The lowest BCUT2D eigenvalue weighted by atomic mass is 9.88. The summed E-state index contributed by atoms with van der Waals surface area (Å²) in [5.74, 6) is 0.757. The highest BCUT2D eigenvalue weighted by Gasteiger charge is 2.28. The van der Waals surface area contributed by atoms with Gasteiger partial charge < -0.3 is 14.8 Å². The van der Waals surface area contributed by atoms with Crippen LogP contribution in [0.15, 0.2) is 30.3 Å². The Morgan fingerprint density at radius 2 is 1.97 bits per heavy atom. The normalized spacial score (nSPS) is 15.8. The number of carbonyl (C=O) groups excluding carboxylic acids is 2. The maximum absolute atomic E-state index is 12.5. The van der Waals surface area contributed by atoms with Gasteiger partial charge in [-0.2, -0.15) is 0 Å². The number of nitrogens with one attached hydrogen (secondary N) is 1. The molecule has 1 heterocycles. The van der Waals surface area contributed by atoms with Gasteiger partial charge in [0.15, 0.2) is 0 Å². The third-order valence-electron chi connectivity index (χ3n) is 4.85. The van der Waals surface area contributed by atoms with Crippen LogP contribution in [0, 0.1) is 5.92 Å². The fourth-order valence-electron chi connectivity index (χ4n) is 3.43. The molecule has 29 heavy (non-hydrogen) atoms. The van der Waals surface area contributed by atoms with Crippen LogP contribution in [0.3, 0.4) is 0 Å². The van der Waals surface area contributed by atoms with Crippen LogP contribution >= 0.6 is 11.3 Å². The Kier molecular flexibility index (Phi) is 7.09. The molecular formula is C23H27NO4S. The zero-order chi connectivity index (χ0) is 20.8. The summed E-state index contributed by atoms with van der Waals surface area (Å²) in [6.45, 7) is 6.86. The second-order valence-electron chi connectivity index (χ2n) is 7.10. The Hall–Kier alpha value is -2.60. The number of esters is 1. The van der Waals surface area contributed by atoms with Crippen LogP contribution in [0.1, 0.15) is 53.6 Å². The highest BCUT2D eigenvalue weighted by Crippen LogP contribution is 2.40. The van der Waals surface area contributed by atoms with Crippen LogP contribution in [-0.4, -0.2) is 25.1 Å². The molecule has 1 aromatic heterocycles. The molecule has 0 saturated heterocycles. The maximum Gasteiger partial charge on any atom is 0.341 e. The molecular weight excluding hydrogens is 386 g/mol. The zero-order valence-electron chi connectivity index (χ0n) is 17.1. The molecule has 1 aromatic carbocycles. The van der Waals surface area contributed by atoms with Gasteiger partial charge in [0.25, 0.3) is 0 Å². The van der Waals surface area contributed by atoms with E-state index < -0.39 is 0 Å². The average Bonchev–Trinajstić information content (AvgIpc) is 3.04. The smallest absolute Gasteiger partial charge is 0.341 e. The molecule has 1 aliphatic rings. The number of carbonyl (C=O) groups is 2. The van der Waals surface area contributed by atoms with Gasteiger partial charge in [0.1, 0.15) is 10.8 Å². The van der Waals surface area contributed by atoms with E-state index in [1.807, 2.05) is 31.2 Å². The van der Waals surface area contributed by atoms with Crippen LogP contribution in [0.5, 0.6) is 5.75 Å². The van der Waals surface area contributed by atoms with Gasteiger partial charge in [0.2, 0.25) is 5.91 Å². The Morgan fingerprint density at radius 1 is 1.21 bits per heavy atom. The maximum atomic E-state index is 12.5. The number of anilines is 1. The van der Waals surface area contributed by atoms with Crippen molar-refractivity contribution in [2.24, 2.45) is 5.92 Å². The monoisotopic (exact) mass is 413 g/mol. The first kappa shape index (κ1) is 21.1. The summed E-state index contributed by atoms with van der Waals surface area (Å²) in [6.07, 6.45) is 6.04. The summed E-state index contributed by atoms with van der Waals surface area (Å²) in [5, 5.41) is 3.48. The number of rotatable bonds is 7. The second-order valence-corrected chi connectivity index (χ2v) is 8.21. The molecule has 2 aromatic rings. The molecule has 1 amide bonds. The van der Waals surface area contributed by atoms with Gasteiger partial charge in [-0.25, -0.2) is 4.79 Å². The molecule has 154 valence electrons. The Balaban J connectivity index is 1.76. The largest absolute Gasteiger partial charge is 0.494 e. The van der Waals surface area contributed by atoms with E-state index in [1.165, 1.54) is 22.3 Å². The van der Waals surface area contributed by atoms with E-state index in [-0.39, 0.29) is 11.9 Å². The van der Waals surface area contributed by atoms with E-state index in [9.17, 15) is 9.59 Å². The SMILES string of the molecule is CCOC(=O)c1c(NC(=O)/C=C/c2ccc(OCC)cc2)sc2c1CCC(C)C2. The molecule has 0 aliphatic heterocycles. The number of benzene rings is 1. The van der Waals surface area contributed by atoms with Crippen molar-refractivity contribution in [2.75, 3.05) is 18.5 Å². The highest BCUT2D eigenvalue weighted by atomic mass is 32.1. The van der Waals surface area contributed by atoms with E-state index in [0.717, 1.165) is 36.1 Å². The van der Waals surface area contributed by atoms with Crippen LogP contribution in [0.25, 0.3) is 6.08 Å². The van der Waals surface area contributed by atoms with Gasteiger partial charge in [0, 0.05) is 11.0 Å². The molecule has 3 rings (SSSR count). The summed E-state index contributed by atoms with van der Waals surface area (Å²) in [7, 11) is 0. The minimum absolute atomic E-state index is 0.268. The molecule has 1 unspecified atom stereocenters. The van der Waals surface area contributed by atoms with Crippen molar-refractivity contribution < 1.29 is 19.1 Å². The van der Waals surface area contributed by atoms with E-state index >= 15 is 0 Å². The summed E-state index contributed by atoms with van der Waals surface area (Å²) in [6, 6.07) is 7.52. The third kappa shape index (κ3) is 5.26. The number of hydrogen-bond donors (Lipinski definition) is 1. The van der Waals surface area contributed by atoms with Crippen molar-refractivity contribution in [1.82, 2.24) is 0 Å². The van der Waals surface area contributed by atoms with Crippen molar-refractivity contribution in [3.05, 3.63) is 51.9 Å². The lowest BCUT2D eigenvalue weighted by molar-refractivity contribution is -0.111. The van der Waals surface area contributed by atoms with E-state index in [2.05, 4.69) is 12.2 Å². The van der Waals surface area contributed by atoms with Crippen molar-refractivity contribution in [3.8, 4) is 5.75 Å². The van der Waals surface area contributed by atoms with Crippen molar-refractivity contribution >= 4 is 34.3 Å². The number of hydrogen-bond acceptors (Lipinski definition) is 5. The van der Waals surface area contributed by atoms with Gasteiger partial charge in [-0.15, -0.1) is 11.3 Å². The molecule has 0 bridgehead atoms. The first-order valence-corrected chi connectivity index (χ1v) is 10.9. The topological polar surface area (TPSA) is 64.6 Å². The first-order valence-electron chi connectivity index (χ1n) is 10.0. The summed E-state index contributed by atoms with van der Waals surface area (Å²) in [4.78, 5) is 26.2. The minimum atomic E-state index is -0.356. The fourth-order valence-corrected chi connectivity index (χ4v) is 4.83. The van der Waals surface area contributed by atoms with Crippen LogP contribution in [0.4, 0.5) is 5.00 Å². The Bertz CT molecular complexity index is 898. The molecule has 6 heteroatoms. The number of fused-ring (bicyclic) bond motifs is 1. The highest BCUT2D eigenvalue weighted by molar-refractivity contribution is 7.17. The summed E-state index contributed by atoms with van der Waals surface area (Å²) >= 11 is 1.49. The van der Waals surface area contributed by atoms with E-state index in [1.54, 1.807) is 13.0 Å². The van der Waals surface area contributed by atoms with Crippen molar-refractivity contribution in [2.45, 2.75) is 40.0 Å². The second kappa shape index (κ2) is 9.74. The van der Waals surface area contributed by atoms with Crippen molar-refractivity contribution in [3.63, 3.8) is 0 Å². The predicted molar refractivity (Wildman–Crippen MR) is 117 cm³/mol. The fraction of sp³-hybridized carbons (Fsp3) is 0.391. The zero-order valence-corrected chi connectivity index (χ0v) is 17.9. The standard InChI is InChI=1S/C23H27NO4S/c1-4-27-17-10-7-16(8-11-17)9-13-20(25)24-22-21(23(26)28-5-2)18-12-6-15(3)14-19(18)29-22/h7-11,13,15H,4-6,12,14H2,1-3H3,(H,24,25)/b13-9+. The lowest BCUT2D eigenvalue weighted by Gasteiger charge is -2.18. The van der Waals surface area contributed by atoms with Gasteiger partial charge in [-0.1, -0.05) is 19.1 Å².